The molecule has 0 aliphatic carbocycles. The molecule has 0 spiro atoms. The molecule has 0 saturated heterocycles. The number of alkyl halides is 3. The molecule has 0 unspecified atom stereocenters. The number of allylic oxidation sites excluding steroid dienone is 2. The van der Waals surface area contributed by atoms with Gasteiger partial charge in [-0.15, -0.1) is 0 Å². The Morgan fingerprint density at radius 3 is 2.55 bits per heavy atom. The van der Waals surface area contributed by atoms with Crippen LogP contribution in [0.3, 0.4) is 0 Å². The highest BCUT2D eigenvalue weighted by Crippen LogP contribution is 2.27. The highest BCUT2D eigenvalue weighted by molar-refractivity contribution is 5.73. The smallest absolute Gasteiger partial charge is 0.351 e. The molecule has 11 heavy (non-hydrogen) atoms. The third-order valence-corrected chi connectivity index (χ3v) is 1.33. The van der Waals surface area contributed by atoms with Gasteiger partial charge in [-0.1, -0.05) is 0 Å². The lowest BCUT2D eigenvalue weighted by Crippen LogP contribution is -2.30. The Morgan fingerprint density at radius 2 is 2.18 bits per heavy atom. The summed E-state index contributed by atoms with van der Waals surface area (Å²) in [6.45, 7) is 0.0747. The van der Waals surface area contributed by atoms with Gasteiger partial charge in [0.1, 0.15) is 12.4 Å². The molecular formula is C6H7F3N2. The van der Waals surface area contributed by atoms with Crippen LogP contribution in [0.2, 0.25) is 0 Å². The van der Waals surface area contributed by atoms with Crippen LogP contribution in [-0.2, 0) is 0 Å². The van der Waals surface area contributed by atoms with E-state index in [2.05, 4.69) is 4.99 Å². The summed E-state index contributed by atoms with van der Waals surface area (Å²) in [5, 5.41) is 0. The fraction of sp³-hybridized carbons (Fsp3) is 0.500. The Morgan fingerprint density at radius 1 is 1.55 bits per heavy atom. The van der Waals surface area contributed by atoms with Crippen LogP contribution in [-0.4, -0.2) is 31.0 Å². The van der Waals surface area contributed by atoms with Crippen molar-refractivity contribution in [2.45, 2.75) is 6.18 Å². The maximum Gasteiger partial charge on any atom is 0.431 e. The van der Waals surface area contributed by atoms with Gasteiger partial charge in [-0.2, -0.15) is 13.2 Å². The molecule has 0 radical (unpaired) electrons. The SMILES string of the molecule is CN1CN=CC=C1C(F)(F)F. The van der Waals surface area contributed by atoms with Gasteiger partial charge in [-0.3, -0.25) is 4.99 Å². The van der Waals surface area contributed by atoms with Gasteiger partial charge in [-0.05, 0) is 6.08 Å². The second-order valence-corrected chi connectivity index (χ2v) is 2.22. The summed E-state index contributed by atoms with van der Waals surface area (Å²) in [6.07, 6.45) is -2.13. The van der Waals surface area contributed by atoms with Crippen LogP contribution in [0.25, 0.3) is 0 Å². The second kappa shape index (κ2) is 2.56. The largest absolute Gasteiger partial charge is 0.431 e. The van der Waals surface area contributed by atoms with Crippen molar-refractivity contribution < 1.29 is 13.2 Å². The molecule has 0 atom stereocenters. The Labute approximate surface area is 62.0 Å². The van der Waals surface area contributed by atoms with Crippen LogP contribution in [0.15, 0.2) is 16.8 Å². The van der Waals surface area contributed by atoms with E-state index in [9.17, 15) is 13.2 Å². The maximum absolute atomic E-state index is 12.0. The van der Waals surface area contributed by atoms with Crippen molar-refractivity contribution in [1.29, 1.82) is 0 Å². The summed E-state index contributed by atoms with van der Waals surface area (Å²) >= 11 is 0. The van der Waals surface area contributed by atoms with Gasteiger partial charge in [0, 0.05) is 13.3 Å². The van der Waals surface area contributed by atoms with E-state index in [4.69, 9.17) is 0 Å². The molecule has 0 amide bonds. The Balaban J connectivity index is 2.84. The Kier molecular flexibility index (Phi) is 1.89. The van der Waals surface area contributed by atoms with E-state index in [0.29, 0.717) is 0 Å². The fourth-order valence-electron chi connectivity index (χ4n) is 0.807. The molecule has 1 heterocycles. The summed E-state index contributed by atoms with van der Waals surface area (Å²) in [4.78, 5) is 4.70. The summed E-state index contributed by atoms with van der Waals surface area (Å²) in [7, 11) is 1.36. The van der Waals surface area contributed by atoms with Crippen molar-refractivity contribution in [3.63, 3.8) is 0 Å². The molecule has 0 fully saturated rings. The van der Waals surface area contributed by atoms with Crippen LogP contribution in [0.4, 0.5) is 13.2 Å². The first-order chi connectivity index (χ1) is 5.02. The molecule has 5 heteroatoms. The van der Waals surface area contributed by atoms with E-state index in [-0.39, 0.29) is 6.67 Å². The lowest BCUT2D eigenvalue weighted by atomic mass is 10.3. The lowest BCUT2D eigenvalue weighted by molar-refractivity contribution is -0.109. The minimum absolute atomic E-state index is 0.0747. The van der Waals surface area contributed by atoms with Crippen LogP contribution >= 0.6 is 0 Å². The van der Waals surface area contributed by atoms with E-state index < -0.39 is 11.9 Å². The topological polar surface area (TPSA) is 15.6 Å². The molecule has 0 bridgehead atoms. The van der Waals surface area contributed by atoms with Crippen molar-refractivity contribution in [3.8, 4) is 0 Å². The molecule has 1 rings (SSSR count). The maximum atomic E-state index is 12.0. The molecule has 0 aromatic carbocycles. The van der Waals surface area contributed by atoms with Gasteiger partial charge in [0.25, 0.3) is 0 Å². The quantitative estimate of drug-likeness (QED) is 0.528. The van der Waals surface area contributed by atoms with E-state index in [1.54, 1.807) is 0 Å². The van der Waals surface area contributed by atoms with Crippen LogP contribution in [0, 0.1) is 0 Å². The highest BCUT2D eigenvalue weighted by Gasteiger charge is 2.36. The zero-order valence-corrected chi connectivity index (χ0v) is 5.89. The lowest BCUT2D eigenvalue weighted by Gasteiger charge is -2.24. The third kappa shape index (κ3) is 1.72. The molecule has 1 aliphatic rings. The second-order valence-electron chi connectivity index (χ2n) is 2.22. The molecule has 1 aliphatic heterocycles. The summed E-state index contributed by atoms with van der Waals surface area (Å²) in [5.41, 5.74) is -0.646. The van der Waals surface area contributed by atoms with Gasteiger partial charge in [0.15, 0.2) is 0 Å². The van der Waals surface area contributed by atoms with Gasteiger partial charge < -0.3 is 4.90 Å². The van der Waals surface area contributed by atoms with Crippen LogP contribution in [0.5, 0.6) is 0 Å². The first-order valence-electron chi connectivity index (χ1n) is 3.00. The number of hydrogen-bond donors (Lipinski definition) is 0. The monoisotopic (exact) mass is 164 g/mol. The van der Waals surface area contributed by atoms with E-state index in [1.165, 1.54) is 13.3 Å². The van der Waals surface area contributed by atoms with E-state index in [0.717, 1.165) is 11.0 Å². The van der Waals surface area contributed by atoms with Crippen LogP contribution < -0.4 is 0 Å². The standard InChI is InChI=1S/C6H7F3N2/c1-11-4-10-3-2-5(11)6(7,8)9/h2-3H,4H2,1H3. The Hall–Kier alpha value is -1.00. The minimum atomic E-state index is -4.26. The average Bonchev–Trinajstić information content (AvgIpc) is 1.86. The minimum Gasteiger partial charge on any atom is -0.351 e. The molecule has 62 valence electrons. The summed E-state index contributed by atoms with van der Waals surface area (Å²) in [5.74, 6) is 0. The van der Waals surface area contributed by atoms with Crippen molar-refractivity contribution in [3.05, 3.63) is 11.8 Å². The van der Waals surface area contributed by atoms with Gasteiger partial charge in [-0.25, -0.2) is 0 Å². The Bertz CT molecular complexity index is 204. The van der Waals surface area contributed by atoms with Gasteiger partial charge in [0.2, 0.25) is 0 Å². The number of hydrogen-bond acceptors (Lipinski definition) is 2. The molecule has 0 aromatic rings. The summed E-state index contributed by atoms with van der Waals surface area (Å²) < 4.78 is 36.1. The molecular weight excluding hydrogens is 157 g/mol. The fourth-order valence-corrected chi connectivity index (χ4v) is 0.807. The zero-order valence-electron chi connectivity index (χ0n) is 5.89. The first-order valence-corrected chi connectivity index (χ1v) is 3.00. The molecule has 0 N–H and O–H groups in total. The molecule has 0 aromatic heterocycles. The zero-order chi connectivity index (χ0) is 8.48. The predicted octanol–water partition coefficient (Wildman–Crippen LogP) is 1.41. The molecule has 0 saturated carbocycles. The first kappa shape index (κ1) is 8.10. The van der Waals surface area contributed by atoms with Crippen LogP contribution in [0.1, 0.15) is 0 Å². The van der Waals surface area contributed by atoms with E-state index >= 15 is 0 Å². The van der Waals surface area contributed by atoms with Crippen molar-refractivity contribution in [2.75, 3.05) is 13.7 Å². The number of rotatable bonds is 0. The normalized spacial score (nSPS) is 18.5. The number of nitrogens with zero attached hydrogens (tertiary/aromatic N) is 2. The highest BCUT2D eigenvalue weighted by atomic mass is 19.4. The predicted molar refractivity (Wildman–Crippen MR) is 35.3 cm³/mol. The van der Waals surface area contributed by atoms with E-state index in [1.807, 2.05) is 0 Å². The van der Waals surface area contributed by atoms with Crippen molar-refractivity contribution in [2.24, 2.45) is 4.99 Å². The third-order valence-electron chi connectivity index (χ3n) is 1.33. The average molecular weight is 164 g/mol. The van der Waals surface area contributed by atoms with Gasteiger partial charge in [0.05, 0.1) is 0 Å². The summed E-state index contributed by atoms with van der Waals surface area (Å²) in [6, 6.07) is 0. The van der Waals surface area contributed by atoms with Crippen molar-refractivity contribution in [1.82, 2.24) is 4.90 Å². The molecule has 2 nitrogen and oxygen atoms in total. The van der Waals surface area contributed by atoms with Crippen molar-refractivity contribution >= 4 is 6.21 Å². The van der Waals surface area contributed by atoms with Gasteiger partial charge >= 0.3 is 6.18 Å². The number of halogens is 3. The number of aliphatic imine (C=N–C) groups is 1.